The standard InChI is InChI=1S/C55H39N3.C42H31N3Si/c1-55(2)48-25-11-9-23-44(48)45-29-27-41(34-49(45)55)40-28-30-53-47(33-40)46-24-10-12-26-52(46)58(53)54-56-50(42-21-13-19-38(31-42)36-15-5-3-6-16-36)35-51(57-54)43-22-14-20-39(32-43)37-17-7-4-8-18-37;1-46(2)40-20-12-10-18-33(40)35-26-31(22-24-41(35)46)30-21-23-39-34(25-30)32-17-9-11-19-38(32)45(39)42-43-36(28-13-5-3-6-14-28)27-37(44-42)29-15-7-4-8-16-29/h3-35H,1-2H3;3-27H,1-2H3. The van der Waals surface area contributed by atoms with Crippen molar-refractivity contribution in [2.24, 2.45) is 0 Å². The number of fused-ring (bicyclic) bond motifs is 12. The predicted molar refractivity (Wildman–Crippen MR) is 436 cm³/mol. The summed E-state index contributed by atoms with van der Waals surface area (Å²) in [6.07, 6.45) is 0. The van der Waals surface area contributed by atoms with Gasteiger partial charge in [0.2, 0.25) is 11.9 Å². The van der Waals surface area contributed by atoms with Crippen LogP contribution in [-0.2, 0) is 5.41 Å². The zero-order valence-corrected chi connectivity index (χ0v) is 59.2. The highest BCUT2D eigenvalue weighted by atomic mass is 28.3. The van der Waals surface area contributed by atoms with E-state index >= 15 is 0 Å². The maximum absolute atomic E-state index is 5.39. The van der Waals surface area contributed by atoms with Gasteiger partial charge < -0.3 is 0 Å². The van der Waals surface area contributed by atoms with Crippen molar-refractivity contribution in [1.82, 2.24) is 29.1 Å². The van der Waals surface area contributed by atoms with E-state index in [9.17, 15) is 0 Å². The molecule has 7 heteroatoms. The molecule has 0 fully saturated rings. The van der Waals surface area contributed by atoms with E-state index in [1.54, 1.807) is 0 Å². The van der Waals surface area contributed by atoms with Gasteiger partial charge in [-0.1, -0.05) is 306 Å². The first kappa shape index (κ1) is 62.1. The van der Waals surface area contributed by atoms with Crippen LogP contribution >= 0.6 is 0 Å². The number of hydrogen-bond donors (Lipinski definition) is 0. The van der Waals surface area contributed by atoms with E-state index in [4.69, 9.17) is 19.9 Å². The van der Waals surface area contributed by atoms with Gasteiger partial charge in [0.25, 0.3) is 0 Å². The molecule has 4 aromatic heterocycles. The van der Waals surface area contributed by atoms with E-state index in [2.05, 4.69) is 376 Å². The molecular formula is C97H70N6Si. The molecule has 0 bridgehead atoms. The molecule has 1 aliphatic carbocycles. The summed E-state index contributed by atoms with van der Waals surface area (Å²) >= 11 is 0. The topological polar surface area (TPSA) is 61.4 Å². The Labute approximate surface area is 606 Å². The highest BCUT2D eigenvalue weighted by Gasteiger charge is 2.38. The minimum atomic E-state index is -1.70. The second kappa shape index (κ2) is 25.0. The molecule has 0 atom stereocenters. The Morgan fingerprint density at radius 3 is 1.12 bits per heavy atom. The van der Waals surface area contributed by atoms with Crippen molar-refractivity contribution in [2.45, 2.75) is 32.4 Å². The summed E-state index contributed by atoms with van der Waals surface area (Å²) in [4.78, 5) is 21.2. The van der Waals surface area contributed by atoms with Gasteiger partial charge in [0.15, 0.2) is 0 Å². The van der Waals surface area contributed by atoms with E-state index in [-0.39, 0.29) is 5.41 Å². The van der Waals surface area contributed by atoms with Crippen LogP contribution in [-0.4, -0.2) is 37.1 Å². The third-order valence-corrected chi connectivity index (χ3v) is 25.2. The first-order valence-corrected chi connectivity index (χ1v) is 38.8. The lowest BCUT2D eigenvalue weighted by molar-refractivity contribution is 0.660. The lowest BCUT2D eigenvalue weighted by Crippen LogP contribution is -2.49. The van der Waals surface area contributed by atoms with E-state index in [0.29, 0.717) is 11.9 Å². The van der Waals surface area contributed by atoms with E-state index in [1.165, 1.54) is 98.7 Å². The van der Waals surface area contributed by atoms with Crippen LogP contribution in [0, 0.1) is 0 Å². The van der Waals surface area contributed by atoms with Gasteiger partial charge >= 0.3 is 0 Å². The summed E-state index contributed by atoms with van der Waals surface area (Å²) < 4.78 is 4.46. The Morgan fingerprint density at radius 1 is 0.231 bits per heavy atom. The minimum absolute atomic E-state index is 0.0661. The molecule has 0 radical (unpaired) electrons. The number of rotatable bonds is 10. The molecular weight excluding hydrogens is 1280 g/mol. The maximum Gasteiger partial charge on any atom is 0.235 e. The average molecular weight is 1350 g/mol. The van der Waals surface area contributed by atoms with E-state index < -0.39 is 8.07 Å². The summed E-state index contributed by atoms with van der Waals surface area (Å²) in [5, 5.41) is 7.78. The molecule has 2 aliphatic rings. The van der Waals surface area contributed by atoms with Crippen LogP contribution in [0.2, 0.25) is 13.1 Å². The molecule has 6 nitrogen and oxygen atoms in total. The van der Waals surface area contributed by atoms with Crippen LogP contribution in [0.3, 0.4) is 0 Å². The Morgan fingerprint density at radius 2 is 0.587 bits per heavy atom. The number of benzene rings is 14. The van der Waals surface area contributed by atoms with Crippen molar-refractivity contribution >= 4 is 62.1 Å². The second-order valence-electron chi connectivity index (χ2n) is 28.5. The molecule has 0 spiro atoms. The van der Waals surface area contributed by atoms with Gasteiger partial charge in [-0.15, -0.1) is 0 Å². The van der Waals surface area contributed by atoms with E-state index in [0.717, 1.165) is 78.2 Å². The molecule has 0 amide bonds. The summed E-state index contributed by atoms with van der Waals surface area (Å²) in [6.45, 7) is 9.62. The normalized spacial score (nSPS) is 13.0. The smallest absolute Gasteiger partial charge is 0.235 e. The Hall–Kier alpha value is -12.9. The molecule has 0 unspecified atom stereocenters. The largest absolute Gasteiger partial charge is 0.278 e. The van der Waals surface area contributed by atoms with Crippen molar-refractivity contribution in [2.75, 3.05) is 0 Å². The van der Waals surface area contributed by atoms with Crippen molar-refractivity contribution < 1.29 is 0 Å². The summed E-state index contributed by atoms with van der Waals surface area (Å²) in [7, 11) is -1.70. The van der Waals surface area contributed by atoms with Crippen LogP contribution in [0.1, 0.15) is 25.0 Å². The number of hydrogen-bond acceptors (Lipinski definition) is 4. The molecule has 5 heterocycles. The predicted octanol–water partition coefficient (Wildman–Crippen LogP) is 23.6. The van der Waals surface area contributed by atoms with E-state index in [1.807, 2.05) is 12.1 Å². The lowest BCUT2D eigenvalue weighted by Gasteiger charge is -2.22. The van der Waals surface area contributed by atoms with Crippen molar-refractivity contribution in [1.29, 1.82) is 0 Å². The zero-order valence-electron chi connectivity index (χ0n) is 58.2. The van der Waals surface area contributed by atoms with Gasteiger partial charge in [-0.05, 0) is 161 Å². The Balaban J connectivity index is 0.000000147. The van der Waals surface area contributed by atoms with Crippen molar-refractivity contribution in [3.63, 3.8) is 0 Å². The quantitative estimate of drug-likeness (QED) is 0.128. The van der Waals surface area contributed by atoms with Gasteiger partial charge in [0.05, 0.1) is 44.8 Å². The molecule has 1 aliphatic heterocycles. The molecule has 0 saturated heterocycles. The second-order valence-corrected chi connectivity index (χ2v) is 32.9. The van der Waals surface area contributed by atoms with Crippen LogP contribution in [0.5, 0.6) is 0 Å². The monoisotopic (exact) mass is 1350 g/mol. The molecule has 492 valence electrons. The number of para-hydroxylation sites is 2. The molecule has 0 N–H and O–H groups in total. The van der Waals surface area contributed by atoms with Gasteiger partial charge in [-0.2, -0.15) is 0 Å². The first-order valence-electron chi connectivity index (χ1n) is 35.8. The summed E-state index contributed by atoms with van der Waals surface area (Å²) in [5.41, 5.74) is 29.7. The molecule has 0 saturated carbocycles. The molecule has 20 rings (SSSR count). The van der Waals surface area contributed by atoms with Crippen LogP contribution < -0.4 is 10.4 Å². The van der Waals surface area contributed by atoms with Crippen molar-refractivity contribution in [3.8, 4) is 124 Å². The minimum Gasteiger partial charge on any atom is -0.278 e. The lowest BCUT2D eigenvalue weighted by atomic mass is 9.81. The van der Waals surface area contributed by atoms with Gasteiger partial charge in [-0.3, -0.25) is 9.13 Å². The molecule has 104 heavy (non-hydrogen) atoms. The maximum atomic E-state index is 5.39. The third-order valence-electron chi connectivity index (χ3n) is 21.7. The third kappa shape index (κ3) is 10.6. The van der Waals surface area contributed by atoms with Crippen LogP contribution in [0.15, 0.2) is 352 Å². The molecule has 18 aromatic rings. The highest BCUT2D eigenvalue weighted by molar-refractivity contribution is 7.03. The average Bonchev–Trinajstić information content (AvgIpc) is 1.59. The Bertz CT molecular complexity index is 6250. The first-order chi connectivity index (χ1) is 51.1. The van der Waals surface area contributed by atoms with Crippen LogP contribution in [0.25, 0.3) is 167 Å². The van der Waals surface area contributed by atoms with Gasteiger partial charge in [-0.25, -0.2) is 19.9 Å². The fourth-order valence-corrected chi connectivity index (χ4v) is 19.4. The Kier molecular flexibility index (Phi) is 14.9. The fraction of sp³-hybridized carbons (Fsp3) is 0.0515. The van der Waals surface area contributed by atoms with Gasteiger partial charge in [0.1, 0.15) is 8.07 Å². The van der Waals surface area contributed by atoms with Gasteiger partial charge in [0, 0.05) is 49.2 Å². The van der Waals surface area contributed by atoms with Crippen LogP contribution in [0.4, 0.5) is 0 Å². The molecule has 14 aromatic carbocycles. The SMILES string of the molecule is CC1(C)c2ccccc2-c2ccc(-c3ccc4c(c3)c3ccccc3n4-c3nc(-c4cccc(-c5ccccc5)c4)cc(-c4cccc(-c5ccccc5)c4)n3)cc21.C[Si]1(C)c2ccccc2-c2cc(-c3ccc4c(c3)c3ccccc3n4-c3nc(-c4ccccc4)cc(-c4ccccc4)n3)ccc21. The highest BCUT2D eigenvalue weighted by Crippen LogP contribution is 2.50. The van der Waals surface area contributed by atoms with Crippen molar-refractivity contribution in [3.05, 3.63) is 363 Å². The number of aromatic nitrogens is 6. The summed E-state index contributed by atoms with van der Waals surface area (Å²) in [5.74, 6) is 1.30. The zero-order chi connectivity index (χ0) is 69.6. The summed E-state index contributed by atoms with van der Waals surface area (Å²) in [6, 6.07) is 126. The fourth-order valence-electron chi connectivity index (χ4n) is 16.4. The number of nitrogens with zero attached hydrogens (tertiary/aromatic N) is 6.